The van der Waals surface area contributed by atoms with Gasteiger partial charge in [0.05, 0.1) is 25.4 Å². The van der Waals surface area contributed by atoms with E-state index >= 15 is 0 Å². The minimum absolute atomic E-state index is 0.111. The molecule has 0 amide bonds. The Morgan fingerprint density at radius 1 is 0.824 bits per heavy atom. The summed E-state index contributed by atoms with van der Waals surface area (Å²) in [6.45, 7) is 15.0. The molecular weight excluding hydrogens is 216 g/mol. The van der Waals surface area contributed by atoms with E-state index in [0.29, 0.717) is 0 Å². The third-order valence-corrected chi connectivity index (χ3v) is 3.39. The summed E-state index contributed by atoms with van der Waals surface area (Å²) in [6, 6.07) is 0. The van der Waals surface area contributed by atoms with Crippen LogP contribution in [0.5, 0.6) is 0 Å². The average molecular weight is 242 g/mol. The van der Waals surface area contributed by atoms with Gasteiger partial charge in [0.15, 0.2) is 0 Å². The second-order valence-corrected chi connectivity index (χ2v) is 7.45. The lowest BCUT2D eigenvalue weighted by atomic mass is 9.84. The molecule has 4 unspecified atom stereocenters. The molecule has 4 atom stereocenters. The third kappa shape index (κ3) is 3.43. The molecule has 2 fully saturated rings. The van der Waals surface area contributed by atoms with Crippen LogP contribution in [0.1, 0.15) is 41.5 Å². The molecule has 0 bridgehead atoms. The molecule has 0 aliphatic carbocycles. The van der Waals surface area contributed by atoms with Gasteiger partial charge in [0.1, 0.15) is 12.2 Å². The molecule has 17 heavy (non-hydrogen) atoms. The van der Waals surface area contributed by atoms with Crippen LogP contribution in [0.4, 0.5) is 0 Å². The molecule has 0 saturated carbocycles. The van der Waals surface area contributed by atoms with E-state index in [1.807, 2.05) is 0 Å². The van der Waals surface area contributed by atoms with E-state index < -0.39 is 0 Å². The van der Waals surface area contributed by atoms with E-state index in [0.717, 1.165) is 13.2 Å². The molecule has 0 aromatic rings. The van der Waals surface area contributed by atoms with Gasteiger partial charge in [-0.05, 0) is 10.8 Å². The fraction of sp³-hybridized carbons (Fsp3) is 1.00. The van der Waals surface area contributed by atoms with Gasteiger partial charge in [0.25, 0.3) is 0 Å². The van der Waals surface area contributed by atoms with Gasteiger partial charge in [-0.1, -0.05) is 41.5 Å². The molecule has 0 aromatic heterocycles. The fourth-order valence-corrected chi connectivity index (χ4v) is 2.32. The minimum Gasteiger partial charge on any atom is -0.370 e. The average Bonchev–Trinajstić information content (AvgIpc) is 2.94. The largest absolute Gasteiger partial charge is 0.370 e. The molecule has 0 aromatic carbocycles. The summed E-state index contributed by atoms with van der Waals surface area (Å²) in [5.74, 6) is 0. The highest BCUT2D eigenvalue weighted by atomic mass is 16.6. The van der Waals surface area contributed by atoms with Crippen LogP contribution in [0.25, 0.3) is 0 Å². The van der Waals surface area contributed by atoms with Crippen LogP contribution in [-0.2, 0) is 14.2 Å². The summed E-state index contributed by atoms with van der Waals surface area (Å²) in [4.78, 5) is 0. The molecule has 2 saturated heterocycles. The van der Waals surface area contributed by atoms with Crippen LogP contribution in [0, 0.1) is 10.8 Å². The van der Waals surface area contributed by atoms with E-state index in [9.17, 15) is 0 Å². The quantitative estimate of drug-likeness (QED) is 0.711. The number of hydrogen-bond acceptors (Lipinski definition) is 3. The van der Waals surface area contributed by atoms with E-state index in [4.69, 9.17) is 14.2 Å². The van der Waals surface area contributed by atoms with Gasteiger partial charge in [0.2, 0.25) is 0 Å². The highest BCUT2D eigenvalue weighted by Crippen LogP contribution is 2.39. The van der Waals surface area contributed by atoms with Gasteiger partial charge >= 0.3 is 0 Å². The smallest absolute Gasteiger partial charge is 0.108 e. The maximum absolute atomic E-state index is 6.38. The van der Waals surface area contributed by atoms with Crippen LogP contribution in [-0.4, -0.2) is 37.6 Å². The lowest BCUT2D eigenvalue weighted by molar-refractivity contribution is -0.124. The zero-order valence-electron chi connectivity index (χ0n) is 11.9. The topological polar surface area (TPSA) is 34.3 Å². The molecule has 0 radical (unpaired) electrons. The van der Waals surface area contributed by atoms with Crippen LogP contribution < -0.4 is 0 Å². The molecule has 0 N–H and O–H groups in total. The SMILES string of the molecule is CC(C)(C)C(OC(C1CO1)C(C)(C)C)C1CO1. The fourth-order valence-electron chi connectivity index (χ4n) is 2.32. The first kappa shape index (κ1) is 13.3. The molecule has 2 aliphatic rings. The van der Waals surface area contributed by atoms with Crippen molar-refractivity contribution in [3.8, 4) is 0 Å². The van der Waals surface area contributed by atoms with Crippen molar-refractivity contribution in [2.45, 2.75) is 66.0 Å². The standard InChI is InChI=1S/C14H26O3/c1-13(2,3)11(9-7-15-9)17-12(10-8-16-10)14(4,5)6/h9-12H,7-8H2,1-6H3. The van der Waals surface area contributed by atoms with Crippen molar-refractivity contribution in [2.24, 2.45) is 10.8 Å². The monoisotopic (exact) mass is 242 g/mol. The second-order valence-electron chi connectivity index (χ2n) is 7.45. The maximum Gasteiger partial charge on any atom is 0.108 e. The molecule has 100 valence electrons. The van der Waals surface area contributed by atoms with Gasteiger partial charge in [0, 0.05) is 0 Å². The number of hydrogen-bond donors (Lipinski definition) is 0. The summed E-state index contributed by atoms with van der Waals surface area (Å²) in [6.07, 6.45) is 0.879. The predicted molar refractivity (Wildman–Crippen MR) is 67.1 cm³/mol. The summed E-state index contributed by atoms with van der Waals surface area (Å²) >= 11 is 0. The van der Waals surface area contributed by atoms with Gasteiger partial charge < -0.3 is 14.2 Å². The normalized spacial score (nSPS) is 32.1. The zero-order chi connectivity index (χ0) is 12.8. The van der Waals surface area contributed by atoms with E-state index in [2.05, 4.69) is 41.5 Å². The Kier molecular flexibility index (Phi) is 3.30. The van der Waals surface area contributed by atoms with Crippen molar-refractivity contribution in [1.29, 1.82) is 0 Å². The van der Waals surface area contributed by atoms with Gasteiger partial charge in [-0.2, -0.15) is 0 Å². The Hall–Kier alpha value is -0.120. The maximum atomic E-state index is 6.38. The van der Waals surface area contributed by atoms with Crippen molar-refractivity contribution < 1.29 is 14.2 Å². The molecule has 2 rings (SSSR count). The van der Waals surface area contributed by atoms with Crippen molar-refractivity contribution in [2.75, 3.05) is 13.2 Å². The molecular formula is C14H26O3. The molecule has 3 heteroatoms. The summed E-state index contributed by atoms with van der Waals surface area (Å²) in [5.41, 5.74) is 0.221. The van der Waals surface area contributed by atoms with Crippen LogP contribution >= 0.6 is 0 Å². The molecule has 2 heterocycles. The molecule has 3 nitrogen and oxygen atoms in total. The third-order valence-electron chi connectivity index (χ3n) is 3.39. The van der Waals surface area contributed by atoms with E-state index in [-0.39, 0.29) is 35.2 Å². The van der Waals surface area contributed by atoms with Crippen molar-refractivity contribution in [3.05, 3.63) is 0 Å². The molecule has 0 spiro atoms. The predicted octanol–water partition coefficient (Wildman–Crippen LogP) is 2.63. The highest BCUT2D eigenvalue weighted by molar-refractivity contribution is 4.95. The number of epoxide rings is 2. The Balaban J connectivity index is 2.04. The lowest BCUT2D eigenvalue weighted by Gasteiger charge is -2.37. The van der Waals surface area contributed by atoms with Crippen molar-refractivity contribution in [1.82, 2.24) is 0 Å². The second kappa shape index (κ2) is 4.22. The number of ether oxygens (including phenoxy) is 3. The zero-order valence-corrected chi connectivity index (χ0v) is 11.9. The summed E-state index contributed by atoms with van der Waals surface area (Å²) < 4.78 is 17.3. The van der Waals surface area contributed by atoms with Gasteiger partial charge in [-0.3, -0.25) is 0 Å². The van der Waals surface area contributed by atoms with Crippen LogP contribution in [0.2, 0.25) is 0 Å². The number of rotatable bonds is 4. The van der Waals surface area contributed by atoms with E-state index in [1.165, 1.54) is 0 Å². The van der Waals surface area contributed by atoms with Crippen molar-refractivity contribution >= 4 is 0 Å². The first-order valence-electron chi connectivity index (χ1n) is 6.58. The molecule has 2 aliphatic heterocycles. The Morgan fingerprint density at radius 2 is 1.12 bits per heavy atom. The summed E-state index contributed by atoms with van der Waals surface area (Å²) in [7, 11) is 0. The van der Waals surface area contributed by atoms with Gasteiger partial charge in [-0.25, -0.2) is 0 Å². The lowest BCUT2D eigenvalue weighted by Crippen LogP contribution is -2.44. The van der Waals surface area contributed by atoms with Gasteiger partial charge in [-0.15, -0.1) is 0 Å². The van der Waals surface area contributed by atoms with E-state index in [1.54, 1.807) is 0 Å². The summed E-state index contributed by atoms with van der Waals surface area (Å²) in [5, 5.41) is 0. The van der Waals surface area contributed by atoms with Crippen LogP contribution in [0.3, 0.4) is 0 Å². The Labute approximate surface area is 105 Å². The highest BCUT2D eigenvalue weighted by Gasteiger charge is 2.48. The van der Waals surface area contributed by atoms with Crippen molar-refractivity contribution in [3.63, 3.8) is 0 Å². The van der Waals surface area contributed by atoms with Crippen LogP contribution in [0.15, 0.2) is 0 Å². The first-order valence-corrected chi connectivity index (χ1v) is 6.58. The first-order chi connectivity index (χ1) is 7.69. The Morgan fingerprint density at radius 3 is 1.29 bits per heavy atom. The minimum atomic E-state index is 0.111. The Bertz CT molecular complexity index is 238.